The second-order valence-electron chi connectivity index (χ2n) is 4.33. The molecule has 2 aromatic carbocycles. The Hall–Kier alpha value is -2.14. The highest BCUT2D eigenvalue weighted by molar-refractivity contribution is 6.31. The van der Waals surface area contributed by atoms with Crippen molar-refractivity contribution < 1.29 is 18.3 Å². The molecule has 1 amide bonds. The van der Waals surface area contributed by atoms with E-state index in [0.717, 1.165) is 6.07 Å². The summed E-state index contributed by atoms with van der Waals surface area (Å²) in [6, 6.07) is 9.17. The second-order valence-corrected chi connectivity index (χ2v) is 4.74. The van der Waals surface area contributed by atoms with Crippen molar-refractivity contribution in [2.75, 3.05) is 5.32 Å². The zero-order valence-electron chi connectivity index (χ0n) is 11.1. The van der Waals surface area contributed by atoms with Gasteiger partial charge in [-0.25, -0.2) is 8.78 Å². The van der Waals surface area contributed by atoms with E-state index in [4.69, 9.17) is 16.3 Å². The van der Waals surface area contributed by atoms with E-state index in [-0.39, 0.29) is 10.8 Å². The predicted octanol–water partition coefficient (Wildman–Crippen LogP) is 4.02. The molecule has 0 aliphatic rings. The average molecular weight is 312 g/mol. The molecule has 1 N–H and O–H groups in total. The average Bonchev–Trinajstić information content (AvgIpc) is 2.45. The van der Waals surface area contributed by atoms with Crippen LogP contribution in [0, 0.1) is 11.6 Å². The van der Waals surface area contributed by atoms with Crippen LogP contribution in [-0.2, 0) is 4.79 Å². The lowest BCUT2D eigenvalue weighted by atomic mass is 10.3. The van der Waals surface area contributed by atoms with Gasteiger partial charge in [0.1, 0.15) is 17.4 Å². The smallest absolute Gasteiger partial charge is 0.265 e. The number of hydrogen-bond acceptors (Lipinski definition) is 2. The van der Waals surface area contributed by atoms with Crippen molar-refractivity contribution in [1.82, 2.24) is 0 Å². The Morgan fingerprint density at radius 1 is 1.19 bits per heavy atom. The zero-order valence-corrected chi connectivity index (χ0v) is 11.8. The first-order valence-corrected chi connectivity index (χ1v) is 6.51. The van der Waals surface area contributed by atoms with Crippen molar-refractivity contribution in [2.45, 2.75) is 13.0 Å². The number of carbonyl (C=O) groups excluding carboxylic acids is 1. The second kappa shape index (κ2) is 6.54. The quantitative estimate of drug-likeness (QED) is 0.926. The van der Waals surface area contributed by atoms with Gasteiger partial charge in [0.15, 0.2) is 6.10 Å². The van der Waals surface area contributed by atoms with E-state index in [9.17, 15) is 13.6 Å². The minimum atomic E-state index is -0.806. The highest BCUT2D eigenvalue weighted by Gasteiger charge is 2.15. The minimum Gasteiger partial charge on any atom is -0.481 e. The summed E-state index contributed by atoms with van der Waals surface area (Å²) in [5.74, 6) is -1.01. The Kier molecular flexibility index (Phi) is 4.75. The van der Waals surface area contributed by atoms with E-state index in [0.29, 0.717) is 11.4 Å². The highest BCUT2D eigenvalue weighted by Crippen LogP contribution is 2.20. The fourth-order valence-corrected chi connectivity index (χ4v) is 1.77. The van der Waals surface area contributed by atoms with Gasteiger partial charge in [-0.15, -0.1) is 0 Å². The molecule has 0 aliphatic heterocycles. The van der Waals surface area contributed by atoms with Gasteiger partial charge in [0, 0.05) is 5.69 Å². The van der Waals surface area contributed by atoms with Crippen molar-refractivity contribution in [1.29, 1.82) is 0 Å². The lowest BCUT2D eigenvalue weighted by Gasteiger charge is -2.15. The SMILES string of the molecule is C[C@H](Oc1ccc(F)cc1)C(=O)Nc1ccc(F)c(Cl)c1. The van der Waals surface area contributed by atoms with Gasteiger partial charge >= 0.3 is 0 Å². The van der Waals surface area contributed by atoms with E-state index in [1.165, 1.54) is 36.4 Å². The minimum absolute atomic E-state index is 0.0834. The normalized spacial score (nSPS) is 11.8. The van der Waals surface area contributed by atoms with Gasteiger partial charge in [-0.1, -0.05) is 11.6 Å². The Morgan fingerprint density at radius 2 is 1.86 bits per heavy atom. The van der Waals surface area contributed by atoms with E-state index >= 15 is 0 Å². The van der Waals surface area contributed by atoms with Crippen LogP contribution < -0.4 is 10.1 Å². The molecule has 2 rings (SSSR count). The number of carbonyl (C=O) groups is 1. The highest BCUT2D eigenvalue weighted by atomic mass is 35.5. The lowest BCUT2D eigenvalue weighted by Crippen LogP contribution is -2.30. The fraction of sp³-hybridized carbons (Fsp3) is 0.133. The predicted molar refractivity (Wildman–Crippen MR) is 76.5 cm³/mol. The summed E-state index contributed by atoms with van der Waals surface area (Å²) in [7, 11) is 0. The monoisotopic (exact) mass is 311 g/mol. The van der Waals surface area contributed by atoms with Gasteiger partial charge < -0.3 is 10.1 Å². The van der Waals surface area contributed by atoms with E-state index in [2.05, 4.69) is 5.32 Å². The molecule has 21 heavy (non-hydrogen) atoms. The summed E-state index contributed by atoms with van der Waals surface area (Å²) in [5.41, 5.74) is 0.362. The number of benzene rings is 2. The number of amides is 1. The van der Waals surface area contributed by atoms with Crippen LogP contribution in [0.1, 0.15) is 6.92 Å². The molecule has 110 valence electrons. The van der Waals surface area contributed by atoms with Gasteiger partial charge in [0.25, 0.3) is 5.91 Å². The molecular weight excluding hydrogens is 300 g/mol. The molecule has 0 heterocycles. The summed E-state index contributed by atoms with van der Waals surface area (Å²) in [4.78, 5) is 11.9. The van der Waals surface area contributed by atoms with Crippen molar-refractivity contribution in [3.63, 3.8) is 0 Å². The first-order chi connectivity index (χ1) is 9.95. The standard InChI is InChI=1S/C15H12ClF2NO2/c1-9(21-12-5-2-10(17)3-6-12)15(20)19-11-4-7-14(18)13(16)8-11/h2-9H,1H3,(H,19,20)/t9-/m0/s1. The topological polar surface area (TPSA) is 38.3 Å². The molecule has 0 fully saturated rings. The summed E-state index contributed by atoms with van der Waals surface area (Å²) in [5, 5.41) is 2.47. The third-order valence-electron chi connectivity index (χ3n) is 2.68. The Morgan fingerprint density at radius 3 is 2.48 bits per heavy atom. The van der Waals surface area contributed by atoms with Crippen molar-refractivity contribution >= 4 is 23.2 Å². The van der Waals surface area contributed by atoms with Gasteiger partial charge in [-0.2, -0.15) is 0 Å². The number of anilines is 1. The van der Waals surface area contributed by atoms with Crippen LogP contribution in [0.2, 0.25) is 5.02 Å². The first kappa shape index (κ1) is 15.3. The Bertz CT molecular complexity index is 647. The van der Waals surface area contributed by atoms with Crippen LogP contribution in [0.4, 0.5) is 14.5 Å². The molecule has 2 aromatic rings. The molecule has 0 unspecified atom stereocenters. The van der Waals surface area contributed by atoms with Crippen LogP contribution in [-0.4, -0.2) is 12.0 Å². The van der Waals surface area contributed by atoms with Crippen molar-refractivity contribution in [2.24, 2.45) is 0 Å². The summed E-state index contributed by atoms with van der Waals surface area (Å²) in [6.07, 6.45) is -0.806. The summed E-state index contributed by atoms with van der Waals surface area (Å²) >= 11 is 5.63. The van der Waals surface area contributed by atoms with Crippen molar-refractivity contribution in [3.05, 3.63) is 59.1 Å². The van der Waals surface area contributed by atoms with Crippen LogP contribution in [0.25, 0.3) is 0 Å². The largest absolute Gasteiger partial charge is 0.481 e. The van der Waals surface area contributed by atoms with E-state index in [1.807, 2.05) is 0 Å². The molecule has 0 aromatic heterocycles. The van der Waals surface area contributed by atoms with Crippen LogP contribution in [0.15, 0.2) is 42.5 Å². The Balaban J connectivity index is 1.98. The summed E-state index contributed by atoms with van der Waals surface area (Å²) < 4.78 is 31.1. The maximum atomic E-state index is 13.0. The lowest BCUT2D eigenvalue weighted by molar-refractivity contribution is -0.122. The van der Waals surface area contributed by atoms with E-state index in [1.54, 1.807) is 6.92 Å². The summed E-state index contributed by atoms with van der Waals surface area (Å²) in [6.45, 7) is 1.55. The number of halogens is 3. The molecule has 0 aliphatic carbocycles. The number of rotatable bonds is 4. The molecule has 6 heteroatoms. The maximum Gasteiger partial charge on any atom is 0.265 e. The van der Waals surface area contributed by atoms with Gasteiger partial charge in [0.05, 0.1) is 5.02 Å². The van der Waals surface area contributed by atoms with Crippen LogP contribution in [0.3, 0.4) is 0 Å². The molecule has 0 radical (unpaired) electrons. The molecule has 1 atom stereocenters. The molecule has 0 bridgehead atoms. The maximum absolute atomic E-state index is 13.0. The molecule has 0 spiro atoms. The molecule has 0 saturated carbocycles. The van der Waals surface area contributed by atoms with Crippen LogP contribution in [0.5, 0.6) is 5.75 Å². The fourth-order valence-electron chi connectivity index (χ4n) is 1.59. The number of nitrogens with one attached hydrogen (secondary N) is 1. The number of hydrogen-bond donors (Lipinski definition) is 1. The molecule has 0 saturated heterocycles. The van der Waals surface area contributed by atoms with Crippen molar-refractivity contribution in [3.8, 4) is 5.75 Å². The Labute approximate surface area is 125 Å². The van der Waals surface area contributed by atoms with Gasteiger partial charge in [0.2, 0.25) is 0 Å². The molecule has 3 nitrogen and oxygen atoms in total. The first-order valence-electron chi connectivity index (χ1n) is 6.14. The number of ether oxygens (including phenoxy) is 1. The van der Waals surface area contributed by atoms with Gasteiger partial charge in [-0.3, -0.25) is 4.79 Å². The van der Waals surface area contributed by atoms with E-state index < -0.39 is 17.8 Å². The van der Waals surface area contributed by atoms with Crippen LogP contribution >= 0.6 is 11.6 Å². The third-order valence-corrected chi connectivity index (χ3v) is 2.97. The molecular formula is C15H12ClF2NO2. The zero-order chi connectivity index (χ0) is 15.4. The third kappa shape index (κ3) is 4.16. The van der Waals surface area contributed by atoms with Gasteiger partial charge in [-0.05, 0) is 49.4 Å².